The monoisotopic (exact) mass is 438 g/mol. The van der Waals surface area contributed by atoms with Crippen LogP contribution in [-0.4, -0.2) is 63.7 Å². The fraction of sp³-hybridized carbons (Fsp3) is 0.316. The maximum Gasteiger partial charge on any atom is 0.325 e. The molecule has 3 rings (SSSR count). The van der Waals surface area contributed by atoms with Crippen LogP contribution >= 0.6 is 0 Å². The summed E-state index contributed by atoms with van der Waals surface area (Å²) < 4.78 is 59.3. The molecule has 10 heteroatoms. The van der Waals surface area contributed by atoms with Crippen molar-refractivity contribution in [2.24, 2.45) is 0 Å². The second-order valence-electron chi connectivity index (χ2n) is 6.37. The van der Waals surface area contributed by atoms with Crippen molar-refractivity contribution in [2.45, 2.75) is 22.8 Å². The Morgan fingerprint density at radius 2 is 1.41 bits per heavy atom. The number of piperazine rings is 1. The van der Waals surface area contributed by atoms with E-state index < -0.39 is 32.1 Å². The maximum atomic E-state index is 13.1. The summed E-state index contributed by atoms with van der Waals surface area (Å²) in [6, 6.07) is 14.3. The van der Waals surface area contributed by atoms with E-state index in [1.54, 1.807) is 43.3 Å². The maximum absolute atomic E-state index is 13.1. The third kappa shape index (κ3) is 4.35. The van der Waals surface area contributed by atoms with Crippen LogP contribution in [0.25, 0.3) is 0 Å². The molecule has 1 heterocycles. The number of nitrogens with zero attached hydrogens (tertiary/aromatic N) is 2. The van der Waals surface area contributed by atoms with Crippen molar-refractivity contribution in [1.29, 1.82) is 0 Å². The van der Waals surface area contributed by atoms with Crippen LogP contribution < -0.4 is 0 Å². The largest absolute Gasteiger partial charge is 0.465 e. The van der Waals surface area contributed by atoms with Gasteiger partial charge in [0.25, 0.3) is 0 Å². The number of carbonyl (C=O) groups excluding carboxylic acids is 1. The van der Waals surface area contributed by atoms with E-state index in [0.717, 1.165) is 8.61 Å². The number of benzene rings is 2. The summed E-state index contributed by atoms with van der Waals surface area (Å²) in [6.45, 7) is 1.11. The van der Waals surface area contributed by atoms with Crippen LogP contribution in [0.5, 0.6) is 0 Å². The quantitative estimate of drug-likeness (QED) is 0.631. The second-order valence-corrected chi connectivity index (χ2v) is 10.2. The zero-order chi connectivity index (χ0) is 21.1. The van der Waals surface area contributed by atoms with Crippen LogP contribution in [0.2, 0.25) is 0 Å². The molecule has 2 aromatic rings. The van der Waals surface area contributed by atoms with E-state index in [1.165, 1.54) is 24.3 Å². The highest BCUT2D eigenvalue weighted by molar-refractivity contribution is 7.89. The van der Waals surface area contributed by atoms with Crippen molar-refractivity contribution in [2.75, 3.05) is 26.2 Å². The average Bonchev–Trinajstić information content (AvgIpc) is 2.74. The van der Waals surface area contributed by atoms with Gasteiger partial charge in [0.1, 0.15) is 6.04 Å². The molecule has 1 saturated heterocycles. The van der Waals surface area contributed by atoms with E-state index in [1.807, 2.05) is 0 Å². The van der Waals surface area contributed by atoms with Crippen LogP contribution in [0.4, 0.5) is 0 Å². The normalized spacial score (nSPS) is 19.0. The first-order valence-corrected chi connectivity index (χ1v) is 11.9. The van der Waals surface area contributed by atoms with Gasteiger partial charge < -0.3 is 4.74 Å². The summed E-state index contributed by atoms with van der Waals surface area (Å²) in [5.74, 6) is -0.778. The zero-order valence-corrected chi connectivity index (χ0v) is 17.5. The number of sulfonamides is 2. The Morgan fingerprint density at radius 1 is 0.897 bits per heavy atom. The predicted molar refractivity (Wildman–Crippen MR) is 106 cm³/mol. The van der Waals surface area contributed by atoms with Gasteiger partial charge in [-0.05, 0) is 31.2 Å². The van der Waals surface area contributed by atoms with Crippen molar-refractivity contribution in [3.8, 4) is 0 Å². The summed E-state index contributed by atoms with van der Waals surface area (Å²) in [4.78, 5) is 12.7. The van der Waals surface area contributed by atoms with Gasteiger partial charge in [-0.1, -0.05) is 36.4 Å². The lowest BCUT2D eigenvalue weighted by molar-refractivity contribution is -0.148. The zero-order valence-electron chi connectivity index (χ0n) is 15.8. The highest BCUT2D eigenvalue weighted by atomic mass is 32.2. The van der Waals surface area contributed by atoms with E-state index in [9.17, 15) is 21.6 Å². The molecule has 8 nitrogen and oxygen atoms in total. The molecule has 156 valence electrons. The van der Waals surface area contributed by atoms with Gasteiger partial charge in [-0.3, -0.25) is 4.79 Å². The minimum Gasteiger partial charge on any atom is -0.465 e. The van der Waals surface area contributed by atoms with Crippen molar-refractivity contribution >= 4 is 26.0 Å². The lowest BCUT2D eigenvalue weighted by Crippen LogP contribution is -2.59. The smallest absolute Gasteiger partial charge is 0.325 e. The first-order chi connectivity index (χ1) is 13.8. The first-order valence-electron chi connectivity index (χ1n) is 9.07. The molecule has 0 amide bonds. The Labute approximate surface area is 170 Å². The first kappa shape index (κ1) is 21.4. The van der Waals surface area contributed by atoms with Crippen LogP contribution in [0, 0.1) is 0 Å². The van der Waals surface area contributed by atoms with E-state index in [2.05, 4.69) is 0 Å². The Kier molecular flexibility index (Phi) is 6.37. The molecule has 0 saturated carbocycles. The molecular weight excluding hydrogens is 416 g/mol. The minimum atomic E-state index is -4.00. The van der Waals surface area contributed by atoms with Gasteiger partial charge >= 0.3 is 5.97 Å². The van der Waals surface area contributed by atoms with Crippen LogP contribution in [-0.2, 0) is 29.6 Å². The summed E-state index contributed by atoms with van der Waals surface area (Å²) in [7, 11) is -7.87. The predicted octanol–water partition coefficient (Wildman–Crippen LogP) is 1.31. The molecule has 1 fully saturated rings. The van der Waals surface area contributed by atoms with Gasteiger partial charge in [0.05, 0.1) is 16.4 Å². The second kappa shape index (κ2) is 8.62. The fourth-order valence-electron chi connectivity index (χ4n) is 3.15. The number of rotatable bonds is 6. The molecule has 29 heavy (non-hydrogen) atoms. The summed E-state index contributed by atoms with van der Waals surface area (Å²) >= 11 is 0. The van der Waals surface area contributed by atoms with Crippen molar-refractivity contribution < 1.29 is 26.4 Å². The van der Waals surface area contributed by atoms with Gasteiger partial charge in [0.2, 0.25) is 20.0 Å². The SMILES string of the molecule is CCOC(=O)[C@@H]1CN(S(=O)(=O)c2ccccc2)CCN1S(=O)(=O)c1ccccc1. The van der Waals surface area contributed by atoms with Gasteiger partial charge in [0.15, 0.2) is 0 Å². The topological polar surface area (TPSA) is 101 Å². The summed E-state index contributed by atoms with van der Waals surface area (Å²) in [6.07, 6.45) is 0. The molecule has 2 aromatic carbocycles. The van der Waals surface area contributed by atoms with Crippen LogP contribution in [0.15, 0.2) is 70.5 Å². The molecule has 0 N–H and O–H groups in total. The Hall–Kier alpha value is -2.27. The number of hydrogen-bond donors (Lipinski definition) is 0. The summed E-state index contributed by atoms with van der Waals surface area (Å²) in [5.41, 5.74) is 0. The van der Waals surface area contributed by atoms with Crippen LogP contribution in [0.1, 0.15) is 6.92 Å². The van der Waals surface area contributed by atoms with Gasteiger partial charge in [-0.2, -0.15) is 8.61 Å². The van der Waals surface area contributed by atoms with E-state index in [4.69, 9.17) is 4.74 Å². The van der Waals surface area contributed by atoms with E-state index >= 15 is 0 Å². The number of ether oxygens (including phenoxy) is 1. The molecule has 0 spiro atoms. The molecule has 0 unspecified atom stereocenters. The van der Waals surface area contributed by atoms with Gasteiger partial charge in [0, 0.05) is 19.6 Å². The lowest BCUT2D eigenvalue weighted by atomic mass is 10.2. The van der Waals surface area contributed by atoms with Gasteiger partial charge in [-0.25, -0.2) is 16.8 Å². The van der Waals surface area contributed by atoms with Crippen LogP contribution in [0.3, 0.4) is 0 Å². The Bertz CT molecular complexity index is 1060. The molecule has 1 aliphatic rings. The molecule has 1 atom stereocenters. The van der Waals surface area contributed by atoms with Crippen molar-refractivity contribution in [1.82, 2.24) is 8.61 Å². The lowest BCUT2D eigenvalue weighted by Gasteiger charge is -2.38. The third-order valence-corrected chi connectivity index (χ3v) is 8.39. The highest BCUT2D eigenvalue weighted by Crippen LogP contribution is 2.25. The molecule has 0 bridgehead atoms. The van der Waals surface area contributed by atoms with Crippen molar-refractivity contribution in [3.63, 3.8) is 0 Å². The number of hydrogen-bond acceptors (Lipinski definition) is 6. The molecule has 1 aliphatic heterocycles. The van der Waals surface area contributed by atoms with E-state index in [-0.39, 0.29) is 36.0 Å². The molecule has 0 aromatic heterocycles. The van der Waals surface area contributed by atoms with Gasteiger partial charge in [-0.15, -0.1) is 0 Å². The molecule has 0 radical (unpaired) electrons. The highest BCUT2D eigenvalue weighted by Gasteiger charge is 2.44. The molecular formula is C19H22N2O6S2. The average molecular weight is 439 g/mol. The van der Waals surface area contributed by atoms with E-state index in [0.29, 0.717) is 0 Å². The summed E-state index contributed by atoms with van der Waals surface area (Å²) in [5, 5.41) is 0. The fourth-order valence-corrected chi connectivity index (χ4v) is 6.19. The minimum absolute atomic E-state index is 0.0358. The molecule has 0 aliphatic carbocycles. The number of carbonyl (C=O) groups is 1. The third-order valence-electron chi connectivity index (χ3n) is 4.58. The van der Waals surface area contributed by atoms with Crippen molar-refractivity contribution in [3.05, 3.63) is 60.7 Å². The Morgan fingerprint density at radius 3 is 1.93 bits per heavy atom. The Balaban J connectivity index is 1.95. The number of esters is 1. The standard InChI is InChI=1S/C19H22N2O6S2/c1-2-27-19(22)18-15-20(28(23,24)16-9-5-3-6-10-16)13-14-21(18)29(25,26)17-11-7-4-8-12-17/h3-12,18H,2,13-15H2,1H3/t18-/m0/s1.